The molecule has 0 atom stereocenters. The van der Waals surface area contributed by atoms with Crippen molar-refractivity contribution < 1.29 is 9.84 Å². The molecule has 0 aliphatic rings. The number of ether oxygens (including phenoxy) is 1. The minimum Gasteiger partial charge on any atom is -0.508 e. The Morgan fingerprint density at radius 2 is 1.92 bits per heavy atom. The zero-order valence-electron chi connectivity index (χ0n) is 14.2. The van der Waals surface area contributed by atoms with Crippen molar-refractivity contribution in [3.05, 3.63) is 64.7 Å². The topological polar surface area (TPSA) is 93.0 Å². The minimum atomic E-state index is -0.307. The summed E-state index contributed by atoms with van der Waals surface area (Å²) < 4.78 is 6.73. The number of methoxy groups -OCH3 is 1. The van der Waals surface area contributed by atoms with Crippen LogP contribution < -0.4 is 10.4 Å². The maximum atomic E-state index is 12.6. The van der Waals surface area contributed by atoms with Crippen LogP contribution in [0.4, 0.5) is 0 Å². The molecule has 7 heteroatoms. The molecular formula is C19H16N4O3. The fourth-order valence-electron chi connectivity index (χ4n) is 2.89. The molecule has 4 aromatic rings. The van der Waals surface area contributed by atoms with E-state index in [0.29, 0.717) is 39.7 Å². The number of aromatic amines is 1. The van der Waals surface area contributed by atoms with Crippen molar-refractivity contribution in [2.24, 2.45) is 0 Å². The van der Waals surface area contributed by atoms with Crippen LogP contribution in [0.15, 0.2) is 53.3 Å². The van der Waals surface area contributed by atoms with Crippen LogP contribution in [0, 0.1) is 6.92 Å². The normalized spacial score (nSPS) is 11.0. The number of hydrogen-bond acceptors (Lipinski definition) is 5. The van der Waals surface area contributed by atoms with Gasteiger partial charge >= 0.3 is 5.69 Å². The minimum absolute atomic E-state index is 0.128. The highest BCUT2D eigenvalue weighted by Gasteiger charge is 2.16. The van der Waals surface area contributed by atoms with Crippen LogP contribution in [0.1, 0.15) is 5.69 Å². The predicted octanol–water partition coefficient (Wildman–Crippen LogP) is 2.80. The van der Waals surface area contributed by atoms with Gasteiger partial charge in [-0.25, -0.2) is 19.3 Å². The van der Waals surface area contributed by atoms with Gasteiger partial charge in [-0.3, -0.25) is 0 Å². The molecule has 4 rings (SSSR count). The van der Waals surface area contributed by atoms with Gasteiger partial charge in [-0.1, -0.05) is 18.2 Å². The highest BCUT2D eigenvalue weighted by Crippen LogP contribution is 2.24. The van der Waals surface area contributed by atoms with Crippen LogP contribution in [0.3, 0.4) is 0 Å². The van der Waals surface area contributed by atoms with E-state index in [4.69, 9.17) is 4.74 Å². The number of nitrogens with one attached hydrogen (secondary N) is 1. The first-order valence-corrected chi connectivity index (χ1v) is 8.00. The summed E-state index contributed by atoms with van der Waals surface area (Å²) in [5.41, 5.74) is 2.68. The molecule has 2 heterocycles. The molecule has 130 valence electrons. The highest BCUT2D eigenvalue weighted by atomic mass is 16.5. The maximum absolute atomic E-state index is 12.6. The molecule has 26 heavy (non-hydrogen) atoms. The number of phenols is 1. The van der Waals surface area contributed by atoms with Gasteiger partial charge in [0, 0.05) is 11.6 Å². The first-order valence-electron chi connectivity index (χ1n) is 8.00. The van der Waals surface area contributed by atoms with Gasteiger partial charge in [-0.2, -0.15) is 0 Å². The second-order valence-electron chi connectivity index (χ2n) is 5.85. The lowest BCUT2D eigenvalue weighted by atomic mass is 10.2. The first-order chi connectivity index (χ1) is 12.6. The highest BCUT2D eigenvalue weighted by molar-refractivity contribution is 5.78. The molecule has 0 aliphatic carbocycles. The summed E-state index contributed by atoms with van der Waals surface area (Å²) in [5, 5.41) is 9.72. The number of imidazole rings is 1. The SMILES string of the molecule is COc1cccc(-n2c(=O)[nH]c3c(C)nc(-c4cccc(O)c4)nc32)c1. The van der Waals surface area contributed by atoms with Crippen molar-refractivity contribution in [2.75, 3.05) is 7.11 Å². The number of nitrogens with zero attached hydrogens (tertiary/aromatic N) is 3. The average Bonchev–Trinajstić information content (AvgIpc) is 2.98. The van der Waals surface area contributed by atoms with E-state index in [9.17, 15) is 9.90 Å². The second kappa shape index (κ2) is 6.03. The van der Waals surface area contributed by atoms with Gasteiger partial charge in [-0.05, 0) is 31.2 Å². The van der Waals surface area contributed by atoms with Crippen LogP contribution in [0.25, 0.3) is 28.2 Å². The molecule has 0 saturated carbocycles. The van der Waals surface area contributed by atoms with E-state index >= 15 is 0 Å². The monoisotopic (exact) mass is 348 g/mol. The van der Waals surface area contributed by atoms with Gasteiger partial charge in [0.15, 0.2) is 11.5 Å². The Morgan fingerprint density at radius 3 is 2.69 bits per heavy atom. The molecule has 2 aromatic carbocycles. The number of rotatable bonds is 3. The fourth-order valence-corrected chi connectivity index (χ4v) is 2.89. The largest absolute Gasteiger partial charge is 0.508 e. The van der Waals surface area contributed by atoms with Crippen LogP contribution in [0.2, 0.25) is 0 Å². The molecule has 0 unspecified atom stereocenters. The van der Waals surface area contributed by atoms with Gasteiger partial charge in [-0.15, -0.1) is 0 Å². The number of hydrogen-bond donors (Lipinski definition) is 2. The summed E-state index contributed by atoms with van der Waals surface area (Å²) in [4.78, 5) is 24.4. The quantitative estimate of drug-likeness (QED) is 0.594. The Bertz CT molecular complexity index is 1180. The Hall–Kier alpha value is -3.61. The van der Waals surface area contributed by atoms with Crippen LogP contribution in [0.5, 0.6) is 11.5 Å². The van der Waals surface area contributed by atoms with Crippen molar-refractivity contribution in [3.8, 4) is 28.6 Å². The van der Waals surface area contributed by atoms with Gasteiger partial charge in [0.25, 0.3) is 0 Å². The van der Waals surface area contributed by atoms with E-state index in [0.717, 1.165) is 0 Å². The van der Waals surface area contributed by atoms with E-state index in [1.807, 2.05) is 25.1 Å². The Kier molecular flexibility index (Phi) is 3.69. The summed E-state index contributed by atoms with van der Waals surface area (Å²) in [6.07, 6.45) is 0. The lowest BCUT2D eigenvalue weighted by Crippen LogP contribution is -2.15. The van der Waals surface area contributed by atoms with Crippen molar-refractivity contribution in [3.63, 3.8) is 0 Å². The molecule has 7 nitrogen and oxygen atoms in total. The molecular weight excluding hydrogens is 332 g/mol. The molecule has 0 aliphatic heterocycles. The van der Waals surface area contributed by atoms with E-state index in [-0.39, 0.29) is 11.4 Å². The van der Waals surface area contributed by atoms with E-state index < -0.39 is 0 Å². The van der Waals surface area contributed by atoms with Gasteiger partial charge in [0.1, 0.15) is 17.0 Å². The molecule has 2 aromatic heterocycles. The Morgan fingerprint density at radius 1 is 1.12 bits per heavy atom. The summed E-state index contributed by atoms with van der Waals surface area (Å²) in [5.74, 6) is 1.20. The number of aryl methyl sites for hydroxylation is 1. The third kappa shape index (κ3) is 2.59. The van der Waals surface area contributed by atoms with Crippen LogP contribution >= 0.6 is 0 Å². The van der Waals surface area contributed by atoms with Crippen molar-refractivity contribution in [1.29, 1.82) is 0 Å². The standard InChI is InChI=1S/C19H16N4O3/c1-11-16-18(22-17(20-11)12-5-3-7-14(24)9-12)23(19(25)21-16)13-6-4-8-15(10-13)26-2/h3-10,24H,1-2H3,(H,21,25). The molecule has 2 N–H and O–H groups in total. The number of aromatic hydroxyl groups is 1. The number of benzene rings is 2. The molecule has 0 saturated heterocycles. The van der Waals surface area contributed by atoms with E-state index in [1.165, 1.54) is 4.57 Å². The number of aromatic nitrogens is 4. The van der Waals surface area contributed by atoms with Crippen LogP contribution in [-0.4, -0.2) is 31.7 Å². The second-order valence-corrected chi connectivity index (χ2v) is 5.85. The summed E-state index contributed by atoms with van der Waals surface area (Å²) in [6, 6.07) is 13.9. The number of fused-ring (bicyclic) bond motifs is 1. The predicted molar refractivity (Wildman–Crippen MR) is 97.9 cm³/mol. The van der Waals surface area contributed by atoms with Crippen molar-refractivity contribution in [2.45, 2.75) is 6.92 Å². The Labute approximate surface area is 148 Å². The number of H-pyrrole nitrogens is 1. The first kappa shape index (κ1) is 15.9. The smallest absolute Gasteiger partial charge is 0.332 e. The molecule has 0 bridgehead atoms. The molecule has 0 radical (unpaired) electrons. The number of phenolic OH excluding ortho intramolecular Hbond substituents is 1. The van der Waals surface area contributed by atoms with E-state index in [1.54, 1.807) is 37.4 Å². The average molecular weight is 348 g/mol. The van der Waals surface area contributed by atoms with Gasteiger partial charge in [0.2, 0.25) is 0 Å². The fraction of sp³-hybridized carbons (Fsp3) is 0.105. The lowest BCUT2D eigenvalue weighted by molar-refractivity contribution is 0.414. The third-order valence-corrected chi connectivity index (χ3v) is 4.13. The van der Waals surface area contributed by atoms with Crippen LogP contribution in [-0.2, 0) is 0 Å². The van der Waals surface area contributed by atoms with Crippen molar-refractivity contribution in [1.82, 2.24) is 19.5 Å². The maximum Gasteiger partial charge on any atom is 0.332 e. The molecule has 0 amide bonds. The van der Waals surface area contributed by atoms with Crippen molar-refractivity contribution >= 4 is 11.2 Å². The van der Waals surface area contributed by atoms with Gasteiger partial charge < -0.3 is 14.8 Å². The summed E-state index contributed by atoms with van der Waals surface area (Å²) in [7, 11) is 1.57. The third-order valence-electron chi connectivity index (χ3n) is 4.13. The van der Waals surface area contributed by atoms with E-state index in [2.05, 4.69) is 15.0 Å². The van der Waals surface area contributed by atoms with Gasteiger partial charge in [0.05, 0.1) is 18.5 Å². The Balaban J connectivity index is 1.99. The summed E-state index contributed by atoms with van der Waals surface area (Å²) >= 11 is 0. The zero-order chi connectivity index (χ0) is 18.3. The molecule has 0 fully saturated rings. The lowest BCUT2D eigenvalue weighted by Gasteiger charge is -2.07. The summed E-state index contributed by atoms with van der Waals surface area (Å²) in [6.45, 7) is 1.81. The zero-order valence-corrected chi connectivity index (χ0v) is 14.2. The molecule has 0 spiro atoms.